The molecule has 0 fully saturated rings. The van der Waals surface area contributed by atoms with Crippen LogP contribution in [0.5, 0.6) is 0 Å². The number of hydrogen-bond donors (Lipinski definition) is 2. The largest absolute Gasteiger partial charge is 0.481 e. The lowest BCUT2D eigenvalue weighted by Crippen LogP contribution is -2.28. The average Bonchev–Trinajstić information content (AvgIpc) is 2.42. The molecule has 0 bridgehead atoms. The second-order valence-electron chi connectivity index (χ2n) is 4.82. The molecule has 0 saturated carbocycles. The molecule has 0 radical (unpaired) electrons. The van der Waals surface area contributed by atoms with Crippen LogP contribution >= 0.6 is 0 Å². The first-order chi connectivity index (χ1) is 9.58. The molecule has 1 aromatic rings. The third-order valence-corrected chi connectivity index (χ3v) is 2.90. The van der Waals surface area contributed by atoms with Gasteiger partial charge in [0.25, 0.3) is 0 Å². The molecular formula is C15H22N2O3. The summed E-state index contributed by atoms with van der Waals surface area (Å²) in [4.78, 5) is 23.8. The first-order valence-corrected chi connectivity index (χ1v) is 6.79. The van der Waals surface area contributed by atoms with Crippen LogP contribution in [-0.2, 0) is 16.1 Å². The highest BCUT2D eigenvalue weighted by atomic mass is 16.4. The summed E-state index contributed by atoms with van der Waals surface area (Å²) in [5, 5.41) is 11.2. The molecule has 0 spiro atoms. The van der Waals surface area contributed by atoms with Crippen molar-refractivity contribution in [3.63, 3.8) is 0 Å². The quantitative estimate of drug-likeness (QED) is 0.671. The number of nitrogens with zero attached hydrogens (tertiary/aromatic N) is 1. The predicted octanol–water partition coefficient (Wildman–Crippen LogP) is 1.49. The Labute approximate surface area is 119 Å². The molecule has 1 rings (SSSR count). The van der Waals surface area contributed by atoms with E-state index < -0.39 is 5.97 Å². The van der Waals surface area contributed by atoms with Crippen LogP contribution < -0.4 is 5.32 Å². The van der Waals surface area contributed by atoms with Gasteiger partial charge in [-0.1, -0.05) is 30.3 Å². The number of benzene rings is 1. The highest BCUT2D eigenvalue weighted by Gasteiger charge is 2.05. The Bertz CT molecular complexity index is 420. The van der Waals surface area contributed by atoms with Gasteiger partial charge in [0.2, 0.25) is 5.91 Å². The van der Waals surface area contributed by atoms with Crippen molar-refractivity contribution in [3.05, 3.63) is 35.9 Å². The normalized spacial score (nSPS) is 10.5. The van der Waals surface area contributed by atoms with E-state index in [1.54, 1.807) is 0 Å². The van der Waals surface area contributed by atoms with Crippen molar-refractivity contribution in [1.29, 1.82) is 0 Å². The summed E-state index contributed by atoms with van der Waals surface area (Å²) in [6.45, 7) is 2.35. The summed E-state index contributed by atoms with van der Waals surface area (Å²) < 4.78 is 0. The number of carbonyl (C=O) groups is 2. The number of aliphatic carboxylic acids is 1. The van der Waals surface area contributed by atoms with Gasteiger partial charge in [-0.25, -0.2) is 0 Å². The Balaban J connectivity index is 2.09. The SMILES string of the molecule is CN(CCCNC(=O)CCC(=O)O)Cc1ccccc1. The number of hydrogen-bond acceptors (Lipinski definition) is 3. The minimum Gasteiger partial charge on any atom is -0.481 e. The van der Waals surface area contributed by atoms with Crippen molar-refractivity contribution in [2.75, 3.05) is 20.1 Å². The van der Waals surface area contributed by atoms with Crippen molar-refractivity contribution in [2.24, 2.45) is 0 Å². The minimum absolute atomic E-state index is 0.0508. The molecule has 0 aliphatic rings. The topological polar surface area (TPSA) is 69.6 Å². The lowest BCUT2D eigenvalue weighted by Gasteiger charge is -2.16. The highest BCUT2D eigenvalue weighted by Crippen LogP contribution is 2.02. The van der Waals surface area contributed by atoms with Gasteiger partial charge in [-0.3, -0.25) is 9.59 Å². The number of carboxylic acids is 1. The molecule has 0 aliphatic carbocycles. The van der Waals surface area contributed by atoms with E-state index in [0.717, 1.165) is 19.5 Å². The van der Waals surface area contributed by atoms with Gasteiger partial charge in [-0.15, -0.1) is 0 Å². The van der Waals surface area contributed by atoms with E-state index in [1.165, 1.54) is 5.56 Å². The van der Waals surface area contributed by atoms with E-state index in [2.05, 4.69) is 22.3 Å². The lowest BCUT2D eigenvalue weighted by molar-refractivity contribution is -0.138. The molecule has 5 nitrogen and oxygen atoms in total. The number of carboxylic acid groups (broad SMARTS) is 1. The Morgan fingerprint density at radius 3 is 2.55 bits per heavy atom. The molecule has 1 amide bonds. The molecule has 0 aliphatic heterocycles. The van der Waals surface area contributed by atoms with Gasteiger partial charge in [0, 0.05) is 19.5 Å². The van der Waals surface area contributed by atoms with Crippen LogP contribution in [0.2, 0.25) is 0 Å². The van der Waals surface area contributed by atoms with Crippen LogP contribution in [0.15, 0.2) is 30.3 Å². The summed E-state index contributed by atoms with van der Waals surface area (Å²) in [6, 6.07) is 10.2. The Morgan fingerprint density at radius 2 is 1.90 bits per heavy atom. The van der Waals surface area contributed by atoms with Crippen molar-refractivity contribution in [2.45, 2.75) is 25.8 Å². The summed E-state index contributed by atoms with van der Waals surface area (Å²) in [7, 11) is 2.04. The molecule has 5 heteroatoms. The van der Waals surface area contributed by atoms with E-state index >= 15 is 0 Å². The molecule has 0 heterocycles. The fourth-order valence-electron chi connectivity index (χ4n) is 1.86. The van der Waals surface area contributed by atoms with Crippen LogP contribution in [0.25, 0.3) is 0 Å². The number of carbonyl (C=O) groups excluding carboxylic acids is 1. The van der Waals surface area contributed by atoms with Crippen molar-refractivity contribution >= 4 is 11.9 Å². The molecule has 0 saturated heterocycles. The van der Waals surface area contributed by atoms with E-state index in [1.807, 2.05) is 25.2 Å². The smallest absolute Gasteiger partial charge is 0.303 e. The fraction of sp³-hybridized carbons (Fsp3) is 0.467. The summed E-state index contributed by atoms with van der Waals surface area (Å²) in [5.74, 6) is -1.14. The van der Waals surface area contributed by atoms with Crippen molar-refractivity contribution in [3.8, 4) is 0 Å². The summed E-state index contributed by atoms with van der Waals surface area (Å²) in [6.07, 6.45) is 0.789. The summed E-state index contributed by atoms with van der Waals surface area (Å²) >= 11 is 0. The second-order valence-corrected chi connectivity index (χ2v) is 4.82. The Morgan fingerprint density at radius 1 is 1.20 bits per heavy atom. The zero-order valence-corrected chi connectivity index (χ0v) is 11.8. The maximum atomic E-state index is 11.3. The third-order valence-electron chi connectivity index (χ3n) is 2.90. The molecule has 20 heavy (non-hydrogen) atoms. The number of rotatable bonds is 9. The van der Waals surface area contributed by atoms with E-state index in [0.29, 0.717) is 6.54 Å². The lowest BCUT2D eigenvalue weighted by atomic mass is 10.2. The van der Waals surface area contributed by atoms with Gasteiger partial charge in [-0.05, 0) is 25.6 Å². The minimum atomic E-state index is -0.942. The molecule has 1 aromatic carbocycles. The monoisotopic (exact) mass is 278 g/mol. The molecule has 0 aromatic heterocycles. The molecule has 0 unspecified atom stereocenters. The zero-order chi connectivity index (χ0) is 14.8. The van der Waals surface area contributed by atoms with Crippen LogP contribution in [0.3, 0.4) is 0 Å². The number of amides is 1. The first-order valence-electron chi connectivity index (χ1n) is 6.79. The van der Waals surface area contributed by atoms with E-state index in [9.17, 15) is 9.59 Å². The van der Waals surface area contributed by atoms with E-state index in [-0.39, 0.29) is 18.7 Å². The van der Waals surface area contributed by atoms with Crippen molar-refractivity contribution < 1.29 is 14.7 Å². The van der Waals surface area contributed by atoms with Gasteiger partial charge >= 0.3 is 5.97 Å². The van der Waals surface area contributed by atoms with Crippen LogP contribution in [0, 0.1) is 0 Å². The second kappa shape index (κ2) is 9.09. The average molecular weight is 278 g/mol. The Hall–Kier alpha value is -1.88. The predicted molar refractivity (Wildman–Crippen MR) is 77.3 cm³/mol. The highest BCUT2D eigenvalue weighted by molar-refractivity contribution is 5.80. The van der Waals surface area contributed by atoms with Crippen molar-refractivity contribution in [1.82, 2.24) is 10.2 Å². The maximum Gasteiger partial charge on any atom is 0.303 e. The van der Waals surface area contributed by atoms with Crippen LogP contribution in [-0.4, -0.2) is 42.0 Å². The van der Waals surface area contributed by atoms with Gasteiger partial charge in [0.05, 0.1) is 6.42 Å². The molecule has 110 valence electrons. The third kappa shape index (κ3) is 7.53. The number of nitrogens with one attached hydrogen (secondary N) is 1. The molecule has 0 atom stereocenters. The van der Waals surface area contributed by atoms with Gasteiger partial charge < -0.3 is 15.3 Å². The standard InChI is InChI=1S/C15H22N2O3/c1-17(12-13-6-3-2-4-7-13)11-5-10-16-14(18)8-9-15(19)20/h2-4,6-7H,5,8-12H2,1H3,(H,16,18)(H,19,20). The van der Waals surface area contributed by atoms with Crippen LogP contribution in [0.1, 0.15) is 24.8 Å². The van der Waals surface area contributed by atoms with Gasteiger partial charge in [0.15, 0.2) is 0 Å². The molecule has 2 N–H and O–H groups in total. The fourth-order valence-corrected chi connectivity index (χ4v) is 1.86. The zero-order valence-electron chi connectivity index (χ0n) is 11.8. The van der Waals surface area contributed by atoms with Gasteiger partial charge in [-0.2, -0.15) is 0 Å². The first kappa shape index (κ1) is 16.2. The van der Waals surface area contributed by atoms with E-state index in [4.69, 9.17) is 5.11 Å². The Kier molecular flexibility index (Phi) is 7.35. The molecular weight excluding hydrogens is 256 g/mol. The summed E-state index contributed by atoms with van der Waals surface area (Å²) in [5.41, 5.74) is 1.26. The van der Waals surface area contributed by atoms with Gasteiger partial charge in [0.1, 0.15) is 0 Å². The van der Waals surface area contributed by atoms with Crippen LogP contribution in [0.4, 0.5) is 0 Å². The maximum absolute atomic E-state index is 11.3.